The molecule has 0 fully saturated rings. The molecule has 0 radical (unpaired) electrons. The van der Waals surface area contributed by atoms with Crippen LogP contribution in [0.2, 0.25) is 0 Å². The largest absolute Gasteiger partial charge is 0.462 e. The SMILES string of the molecule is O=C(OCC1CC=NCC1)c1ccccc1. The van der Waals surface area contributed by atoms with Crippen molar-refractivity contribution in [3.8, 4) is 0 Å². The van der Waals surface area contributed by atoms with Crippen LogP contribution in [-0.2, 0) is 4.74 Å². The highest BCUT2D eigenvalue weighted by molar-refractivity contribution is 5.89. The van der Waals surface area contributed by atoms with Crippen molar-refractivity contribution in [2.45, 2.75) is 12.8 Å². The van der Waals surface area contributed by atoms with Gasteiger partial charge in [0.1, 0.15) is 0 Å². The molecule has 0 spiro atoms. The number of rotatable bonds is 3. The van der Waals surface area contributed by atoms with Crippen molar-refractivity contribution in [1.82, 2.24) is 0 Å². The molecule has 0 saturated heterocycles. The minimum Gasteiger partial charge on any atom is -0.462 e. The van der Waals surface area contributed by atoms with E-state index in [0.29, 0.717) is 18.1 Å². The molecule has 0 aromatic heterocycles. The van der Waals surface area contributed by atoms with E-state index in [2.05, 4.69) is 4.99 Å². The Morgan fingerprint density at radius 3 is 2.88 bits per heavy atom. The van der Waals surface area contributed by atoms with Gasteiger partial charge in [-0.25, -0.2) is 4.79 Å². The number of hydrogen-bond acceptors (Lipinski definition) is 3. The van der Waals surface area contributed by atoms with Crippen LogP contribution in [0.15, 0.2) is 35.3 Å². The highest BCUT2D eigenvalue weighted by Gasteiger charge is 2.14. The molecule has 2 rings (SSSR count). The molecular weight excluding hydrogens is 202 g/mol. The third-order valence-corrected chi connectivity index (χ3v) is 2.69. The predicted octanol–water partition coefficient (Wildman–Crippen LogP) is 2.32. The van der Waals surface area contributed by atoms with Crippen LogP contribution in [0.1, 0.15) is 23.2 Å². The van der Waals surface area contributed by atoms with E-state index < -0.39 is 0 Å². The van der Waals surface area contributed by atoms with E-state index in [4.69, 9.17) is 4.74 Å². The molecule has 1 aliphatic rings. The van der Waals surface area contributed by atoms with Gasteiger partial charge in [0.25, 0.3) is 0 Å². The second-order valence-electron chi connectivity index (χ2n) is 3.94. The number of carbonyl (C=O) groups excluding carboxylic acids is 1. The summed E-state index contributed by atoms with van der Waals surface area (Å²) in [6, 6.07) is 9.09. The molecule has 1 aromatic rings. The Hall–Kier alpha value is -1.64. The van der Waals surface area contributed by atoms with Crippen LogP contribution in [0.5, 0.6) is 0 Å². The van der Waals surface area contributed by atoms with Crippen molar-refractivity contribution >= 4 is 12.2 Å². The van der Waals surface area contributed by atoms with Gasteiger partial charge in [-0.15, -0.1) is 0 Å². The second-order valence-corrected chi connectivity index (χ2v) is 3.94. The van der Waals surface area contributed by atoms with E-state index in [1.807, 2.05) is 24.4 Å². The summed E-state index contributed by atoms with van der Waals surface area (Å²) in [6.45, 7) is 1.35. The minimum atomic E-state index is -0.233. The van der Waals surface area contributed by atoms with Crippen LogP contribution >= 0.6 is 0 Å². The highest BCUT2D eigenvalue weighted by Crippen LogP contribution is 2.13. The second kappa shape index (κ2) is 5.45. The maximum absolute atomic E-state index is 11.6. The van der Waals surface area contributed by atoms with Crippen LogP contribution < -0.4 is 0 Å². The quantitative estimate of drug-likeness (QED) is 0.729. The lowest BCUT2D eigenvalue weighted by molar-refractivity contribution is 0.0437. The van der Waals surface area contributed by atoms with Gasteiger partial charge in [0.2, 0.25) is 0 Å². The van der Waals surface area contributed by atoms with Gasteiger partial charge in [-0.3, -0.25) is 4.99 Å². The summed E-state index contributed by atoms with van der Waals surface area (Å²) in [5, 5.41) is 0. The van der Waals surface area contributed by atoms with Crippen molar-refractivity contribution in [1.29, 1.82) is 0 Å². The Morgan fingerprint density at radius 1 is 1.38 bits per heavy atom. The van der Waals surface area contributed by atoms with E-state index in [0.717, 1.165) is 19.4 Å². The van der Waals surface area contributed by atoms with Gasteiger partial charge in [-0.05, 0) is 37.1 Å². The maximum atomic E-state index is 11.6. The molecule has 0 N–H and O–H groups in total. The number of hydrogen-bond donors (Lipinski definition) is 0. The smallest absolute Gasteiger partial charge is 0.338 e. The van der Waals surface area contributed by atoms with E-state index in [1.54, 1.807) is 12.1 Å². The van der Waals surface area contributed by atoms with Crippen LogP contribution in [0.25, 0.3) is 0 Å². The number of benzene rings is 1. The molecule has 16 heavy (non-hydrogen) atoms. The van der Waals surface area contributed by atoms with Crippen molar-refractivity contribution in [3.05, 3.63) is 35.9 Å². The molecule has 1 aliphatic heterocycles. The lowest BCUT2D eigenvalue weighted by Gasteiger charge is -2.16. The monoisotopic (exact) mass is 217 g/mol. The fourth-order valence-electron chi connectivity index (χ4n) is 1.69. The average molecular weight is 217 g/mol. The molecule has 0 amide bonds. The van der Waals surface area contributed by atoms with Gasteiger partial charge in [0.15, 0.2) is 0 Å². The molecule has 84 valence electrons. The first-order valence-corrected chi connectivity index (χ1v) is 5.57. The lowest BCUT2D eigenvalue weighted by atomic mass is 10.0. The molecule has 0 saturated carbocycles. The van der Waals surface area contributed by atoms with Crippen molar-refractivity contribution in [3.63, 3.8) is 0 Å². The van der Waals surface area contributed by atoms with Gasteiger partial charge in [-0.1, -0.05) is 18.2 Å². The molecule has 3 heteroatoms. The van der Waals surface area contributed by atoms with Crippen LogP contribution in [0.4, 0.5) is 0 Å². The first-order chi connectivity index (χ1) is 7.86. The Balaban J connectivity index is 1.82. The molecule has 1 aromatic carbocycles. The fourth-order valence-corrected chi connectivity index (χ4v) is 1.69. The van der Waals surface area contributed by atoms with E-state index in [-0.39, 0.29) is 5.97 Å². The standard InChI is InChI=1S/C13H15NO2/c15-13(12-4-2-1-3-5-12)16-10-11-6-8-14-9-7-11/h1-5,8,11H,6-7,9-10H2. The van der Waals surface area contributed by atoms with E-state index >= 15 is 0 Å². The first kappa shape index (κ1) is 10.9. The Labute approximate surface area is 95.2 Å². The normalized spacial score (nSPS) is 19.4. The third kappa shape index (κ3) is 2.92. The van der Waals surface area contributed by atoms with Gasteiger partial charge < -0.3 is 4.74 Å². The van der Waals surface area contributed by atoms with Crippen LogP contribution in [-0.4, -0.2) is 25.3 Å². The first-order valence-electron chi connectivity index (χ1n) is 5.57. The minimum absolute atomic E-state index is 0.233. The molecule has 0 aliphatic carbocycles. The molecular formula is C13H15NO2. The number of ether oxygens (including phenoxy) is 1. The topological polar surface area (TPSA) is 38.7 Å². The molecule has 1 atom stereocenters. The number of nitrogens with zero attached hydrogens (tertiary/aromatic N) is 1. The number of esters is 1. The summed E-state index contributed by atoms with van der Waals surface area (Å²) in [4.78, 5) is 15.8. The Bertz CT molecular complexity index is 373. The fraction of sp³-hybridized carbons (Fsp3) is 0.385. The zero-order chi connectivity index (χ0) is 11.2. The number of aliphatic imine (C=N–C) groups is 1. The third-order valence-electron chi connectivity index (χ3n) is 2.69. The van der Waals surface area contributed by atoms with Crippen molar-refractivity contribution in [2.75, 3.05) is 13.2 Å². The summed E-state index contributed by atoms with van der Waals surface area (Å²) < 4.78 is 5.27. The summed E-state index contributed by atoms with van der Waals surface area (Å²) in [7, 11) is 0. The molecule has 3 nitrogen and oxygen atoms in total. The molecule has 1 heterocycles. The van der Waals surface area contributed by atoms with Crippen molar-refractivity contribution in [2.24, 2.45) is 10.9 Å². The van der Waals surface area contributed by atoms with Gasteiger partial charge in [0, 0.05) is 6.54 Å². The van der Waals surface area contributed by atoms with Crippen LogP contribution in [0.3, 0.4) is 0 Å². The predicted molar refractivity (Wildman–Crippen MR) is 62.8 cm³/mol. The Kier molecular flexibility index (Phi) is 3.70. The number of carbonyl (C=O) groups is 1. The summed E-state index contributed by atoms with van der Waals surface area (Å²) in [6.07, 6.45) is 3.85. The zero-order valence-electron chi connectivity index (χ0n) is 9.13. The molecule has 1 unspecified atom stereocenters. The van der Waals surface area contributed by atoms with Crippen LogP contribution in [0, 0.1) is 5.92 Å². The summed E-state index contributed by atoms with van der Waals surface area (Å²) in [5.41, 5.74) is 0.618. The maximum Gasteiger partial charge on any atom is 0.338 e. The molecule has 0 bridgehead atoms. The van der Waals surface area contributed by atoms with Gasteiger partial charge >= 0.3 is 5.97 Å². The Morgan fingerprint density at radius 2 is 2.19 bits per heavy atom. The van der Waals surface area contributed by atoms with Gasteiger partial charge in [-0.2, -0.15) is 0 Å². The average Bonchev–Trinajstić information content (AvgIpc) is 2.38. The van der Waals surface area contributed by atoms with E-state index in [9.17, 15) is 4.79 Å². The zero-order valence-corrected chi connectivity index (χ0v) is 9.13. The summed E-state index contributed by atoms with van der Waals surface area (Å²) in [5.74, 6) is 0.202. The summed E-state index contributed by atoms with van der Waals surface area (Å²) >= 11 is 0. The van der Waals surface area contributed by atoms with Gasteiger partial charge in [0.05, 0.1) is 12.2 Å². The van der Waals surface area contributed by atoms with Crippen molar-refractivity contribution < 1.29 is 9.53 Å². The van der Waals surface area contributed by atoms with E-state index in [1.165, 1.54) is 0 Å². The highest BCUT2D eigenvalue weighted by atomic mass is 16.5. The lowest BCUT2D eigenvalue weighted by Crippen LogP contribution is -2.18.